The number of aromatic nitrogens is 3. The molecular weight excluding hydrogens is 612 g/mol. The van der Waals surface area contributed by atoms with E-state index in [4.69, 9.17) is 23.8 Å². The minimum atomic E-state index is -0.531. The fourth-order valence-electron chi connectivity index (χ4n) is 5.12. The number of carbonyl (C=O) groups excluding carboxylic acids is 1. The van der Waals surface area contributed by atoms with Crippen LogP contribution in [0, 0.1) is 0 Å². The van der Waals surface area contributed by atoms with Crippen molar-refractivity contribution in [2.24, 2.45) is 5.16 Å². The highest BCUT2D eigenvalue weighted by molar-refractivity contribution is 5.85. The van der Waals surface area contributed by atoms with E-state index < -0.39 is 18.3 Å². The summed E-state index contributed by atoms with van der Waals surface area (Å²) in [5.74, 6) is 0.990. The van der Waals surface area contributed by atoms with Gasteiger partial charge in [-0.25, -0.2) is 4.68 Å². The van der Waals surface area contributed by atoms with E-state index in [0.717, 1.165) is 16.9 Å². The van der Waals surface area contributed by atoms with Crippen molar-refractivity contribution < 1.29 is 33.7 Å². The third-order valence-corrected chi connectivity index (χ3v) is 7.93. The van der Waals surface area contributed by atoms with Gasteiger partial charge in [0, 0.05) is 0 Å². The first-order valence-corrected chi connectivity index (χ1v) is 16.0. The quantitative estimate of drug-likeness (QED) is 0.0672. The minimum Gasteiger partial charge on any atom is -0.497 e. The number of hydrogen-bond donors (Lipinski definition) is 1. The number of rotatable bonds is 16. The van der Waals surface area contributed by atoms with E-state index in [1.807, 2.05) is 104 Å². The summed E-state index contributed by atoms with van der Waals surface area (Å²) in [5.41, 5.74) is 3.30. The van der Waals surface area contributed by atoms with Crippen LogP contribution in [0.1, 0.15) is 61.8 Å². The fraction of sp³-hybridized carbons (Fsp3) is 0.351. The second kappa shape index (κ2) is 17.2. The first-order valence-electron chi connectivity index (χ1n) is 16.0. The van der Waals surface area contributed by atoms with E-state index in [0.29, 0.717) is 30.0 Å². The number of nitrogens with zero attached hydrogens (tertiary/aromatic N) is 4. The Morgan fingerprint density at radius 1 is 0.979 bits per heavy atom. The molecule has 1 aliphatic heterocycles. The summed E-state index contributed by atoms with van der Waals surface area (Å²) in [4.78, 5) is 18.4. The Morgan fingerprint density at radius 3 is 2.40 bits per heavy atom. The van der Waals surface area contributed by atoms with Crippen molar-refractivity contribution in [3.05, 3.63) is 120 Å². The molecule has 0 radical (unpaired) electrons. The highest BCUT2D eigenvalue weighted by atomic mass is 16.6. The summed E-state index contributed by atoms with van der Waals surface area (Å²) in [6.07, 6.45) is 4.99. The highest BCUT2D eigenvalue weighted by Gasteiger charge is 2.31. The van der Waals surface area contributed by atoms with Gasteiger partial charge >= 0.3 is 5.97 Å². The molecule has 5 rings (SSSR count). The van der Waals surface area contributed by atoms with Crippen molar-refractivity contribution in [1.29, 1.82) is 0 Å². The van der Waals surface area contributed by atoms with Crippen LogP contribution in [0.3, 0.4) is 0 Å². The van der Waals surface area contributed by atoms with Gasteiger partial charge in [-0.05, 0) is 68.2 Å². The highest BCUT2D eigenvalue weighted by Crippen LogP contribution is 2.29. The largest absolute Gasteiger partial charge is 0.497 e. The van der Waals surface area contributed by atoms with Crippen LogP contribution in [0.4, 0.5) is 0 Å². The van der Waals surface area contributed by atoms with Crippen molar-refractivity contribution in [3.63, 3.8) is 0 Å². The van der Waals surface area contributed by atoms with Crippen LogP contribution in [0.5, 0.6) is 11.5 Å². The topological polar surface area (TPSA) is 127 Å². The van der Waals surface area contributed by atoms with E-state index in [9.17, 15) is 9.90 Å². The van der Waals surface area contributed by atoms with Crippen LogP contribution in [-0.2, 0) is 25.5 Å². The third-order valence-electron chi connectivity index (χ3n) is 7.93. The molecule has 1 N–H and O–H groups in total. The third kappa shape index (κ3) is 9.76. The molecule has 0 unspecified atom stereocenters. The summed E-state index contributed by atoms with van der Waals surface area (Å²) >= 11 is 0. The second-order valence-corrected chi connectivity index (χ2v) is 11.6. The van der Waals surface area contributed by atoms with Crippen molar-refractivity contribution in [2.75, 3.05) is 20.3 Å². The second-order valence-electron chi connectivity index (χ2n) is 11.6. The average molecular weight is 655 g/mol. The van der Waals surface area contributed by atoms with E-state index in [2.05, 4.69) is 15.5 Å². The van der Waals surface area contributed by atoms with Gasteiger partial charge in [-0.1, -0.05) is 77.1 Å². The zero-order chi connectivity index (χ0) is 33.7. The molecule has 0 amide bonds. The predicted molar refractivity (Wildman–Crippen MR) is 180 cm³/mol. The van der Waals surface area contributed by atoms with Gasteiger partial charge in [0.05, 0.1) is 38.1 Å². The number of oxime groups is 1. The molecule has 1 aliphatic rings. The maximum Gasteiger partial charge on any atom is 0.306 e. The minimum absolute atomic E-state index is 0.0197. The molecular formula is C37H42N4O7. The molecule has 1 aromatic heterocycles. The molecule has 11 heteroatoms. The number of ether oxygens (including phenoxy) is 4. The number of methoxy groups -OCH3 is 1. The molecule has 4 aromatic rings. The number of aliphatic hydroxyl groups excluding tert-OH is 1. The number of carbonyl (C=O) groups is 1. The summed E-state index contributed by atoms with van der Waals surface area (Å²) in [7, 11) is 1.61. The molecule has 0 spiro atoms. The SMILES string of the molecule is COc1ccc(O[C@H]2C=C[C@@H](c3ccccc3)O[C@@H]2COC(=O)CCC(C)=NO[C@H](C)c2cn([C@H](CO)Cc3ccccc3)nn2)cc1. The van der Waals surface area contributed by atoms with Crippen molar-refractivity contribution >= 4 is 11.7 Å². The lowest BCUT2D eigenvalue weighted by Crippen LogP contribution is -2.40. The summed E-state index contributed by atoms with van der Waals surface area (Å²) < 4.78 is 25.1. The van der Waals surface area contributed by atoms with Crippen LogP contribution in [-0.4, -0.2) is 64.3 Å². The van der Waals surface area contributed by atoms with Gasteiger partial charge < -0.3 is 28.9 Å². The van der Waals surface area contributed by atoms with E-state index in [1.165, 1.54) is 0 Å². The van der Waals surface area contributed by atoms with Crippen molar-refractivity contribution in [1.82, 2.24) is 15.0 Å². The molecule has 0 aliphatic carbocycles. The summed E-state index contributed by atoms with van der Waals surface area (Å²) in [6.45, 7) is 3.55. The molecule has 252 valence electrons. The van der Waals surface area contributed by atoms with E-state index in [-0.39, 0.29) is 37.7 Å². The van der Waals surface area contributed by atoms with Gasteiger partial charge in [0.25, 0.3) is 0 Å². The smallest absolute Gasteiger partial charge is 0.306 e. The van der Waals surface area contributed by atoms with Crippen LogP contribution in [0.25, 0.3) is 0 Å². The standard InChI is InChI=1S/C37H42N4O7/c1-26(39-48-27(2)33-23-41(40-38-33)30(24-42)22-28-10-6-4-7-11-28)14-21-37(43)45-25-36-35(46-32-17-15-31(44-3)16-18-32)20-19-34(47-36)29-12-8-5-9-13-29/h4-13,15-20,23,27,30,34-36,42H,14,21-22,24-25H2,1-3H3/t27-,30+,34+,35+,36-/m1/s1. The number of hydrogen-bond acceptors (Lipinski definition) is 10. The van der Waals surface area contributed by atoms with Crippen molar-refractivity contribution in [3.8, 4) is 11.5 Å². The Labute approximate surface area is 280 Å². The zero-order valence-corrected chi connectivity index (χ0v) is 27.4. The Morgan fingerprint density at radius 2 is 1.69 bits per heavy atom. The Bertz CT molecular complexity index is 1630. The average Bonchev–Trinajstić information content (AvgIpc) is 3.63. The van der Waals surface area contributed by atoms with Crippen LogP contribution in [0.2, 0.25) is 0 Å². The lowest BCUT2D eigenvalue weighted by Gasteiger charge is -2.32. The van der Waals surface area contributed by atoms with Gasteiger partial charge in [0.1, 0.15) is 42.1 Å². The van der Waals surface area contributed by atoms with Gasteiger partial charge in [-0.2, -0.15) is 0 Å². The van der Waals surface area contributed by atoms with Gasteiger partial charge in [-0.15, -0.1) is 5.10 Å². The van der Waals surface area contributed by atoms with Crippen LogP contribution in [0.15, 0.2) is 108 Å². The maximum atomic E-state index is 12.8. The van der Waals surface area contributed by atoms with Crippen LogP contribution >= 0.6 is 0 Å². The summed E-state index contributed by atoms with van der Waals surface area (Å²) in [6, 6.07) is 26.8. The molecule has 0 fully saturated rings. The molecule has 2 heterocycles. The first-order chi connectivity index (χ1) is 23.4. The number of esters is 1. The normalized spacial score (nSPS) is 18.9. The summed E-state index contributed by atoms with van der Waals surface area (Å²) in [5, 5.41) is 22.5. The van der Waals surface area contributed by atoms with E-state index in [1.54, 1.807) is 24.9 Å². The Kier molecular flexibility index (Phi) is 12.3. The monoisotopic (exact) mass is 654 g/mol. The molecule has 0 bridgehead atoms. The van der Waals surface area contributed by atoms with Crippen molar-refractivity contribution in [2.45, 2.75) is 63.6 Å². The van der Waals surface area contributed by atoms with Gasteiger partial charge in [0.15, 0.2) is 6.10 Å². The fourth-order valence-corrected chi connectivity index (χ4v) is 5.12. The lowest BCUT2D eigenvalue weighted by atomic mass is 10.0. The molecule has 0 saturated carbocycles. The molecule has 5 atom stereocenters. The zero-order valence-electron chi connectivity index (χ0n) is 27.4. The maximum absolute atomic E-state index is 12.8. The molecule has 0 saturated heterocycles. The predicted octanol–water partition coefficient (Wildman–Crippen LogP) is 5.98. The molecule has 3 aromatic carbocycles. The van der Waals surface area contributed by atoms with Crippen LogP contribution < -0.4 is 9.47 Å². The molecule has 48 heavy (non-hydrogen) atoms. The van der Waals surface area contributed by atoms with E-state index >= 15 is 0 Å². The van der Waals surface area contributed by atoms with Gasteiger partial charge in [-0.3, -0.25) is 4.79 Å². The molecule has 11 nitrogen and oxygen atoms in total. The number of benzene rings is 3. The lowest BCUT2D eigenvalue weighted by molar-refractivity contribution is -0.152. The first kappa shape index (κ1) is 34.3. The Balaban J connectivity index is 1.11. The number of aliphatic hydroxyl groups is 1. The Hall–Kier alpha value is -5.00. The van der Waals surface area contributed by atoms with Gasteiger partial charge in [0.2, 0.25) is 0 Å².